The molecule has 0 heterocycles. The zero-order valence-electron chi connectivity index (χ0n) is 14.6. The number of nitro groups is 1. The van der Waals surface area contributed by atoms with Gasteiger partial charge in [0.15, 0.2) is 8.32 Å². The van der Waals surface area contributed by atoms with Crippen LogP contribution in [0.3, 0.4) is 0 Å². The summed E-state index contributed by atoms with van der Waals surface area (Å²) in [4.78, 5) is 22.7. The second-order valence-corrected chi connectivity index (χ2v) is 11.4. The van der Waals surface area contributed by atoms with Crippen LogP contribution in [0.5, 0.6) is 0 Å². The van der Waals surface area contributed by atoms with E-state index in [9.17, 15) is 14.9 Å². The molecule has 0 N–H and O–H groups in total. The lowest BCUT2D eigenvalue weighted by atomic mass is 9.82. The van der Waals surface area contributed by atoms with Crippen LogP contribution in [0.2, 0.25) is 19.6 Å². The minimum absolute atomic E-state index is 0.00874. The predicted octanol–water partition coefficient (Wildman–Crippen LogP) is 4.08. The summed E-state index contributed by atoms with van der Waals surface area (Å²) in [6, 6.07) is 6.14. The van der Waals surface area contributed by atoms with Crippen LogP contribution < -0.4 is 0 Å². The molecule has 0 fully saturated rings. The van der Waals surface area contributed by atoms with E-state index in [-0.39, 0.29) is 11.7 Å². The molecule has 1 atom stereocenters. The molecule has 23 heavy (non-hydrogen) atoms. The lowest BCUT2D eigenvalue weighted by molar-refractivity contribution is -0.384. The molecule has 7 heteroatoms. The Morgan fingerprint density at radius 1 is 1.26 bits per heavy atom. The van der Waals surface area contributed by atoms with Gasteiger partial charge in [0, 0.05) is 12.1 Å². The number of non-ortho nitro benzene ring substituents is 1. The van der Waals surface area contributed by atoms with Gasteiger partial charge in [-0.05, 0) is 58.1 Å². The molecule has 0 spiro atoms. The SMILES string of the molecule is CCOC(=O)C(C)(C)[C@@H](O[Si](C)(C)C)c1ccc([N+](=O)[O-])cc1. The second kappa shape index (κ2) is 7.23. The Labute approximate surface area is 138 Å². The molecule has 0 aliphatic rings. The molecule has 0 amide bonds. The summed E-state index contributed by atoms with van der Waals surface area (Å²) in [5, 5.41) is 10.8. The van der Waals surface area contributed by atoms with Crippen LogP contribution in [0.1, 0.15) is 32.4 Å². The smallest absolute Gasteiger partial charge is 0.314 e. The summed E-state index contributed by atoms with van der Waals surface area (Å²) >= 11 is 0. The summed E-state index contributed by atoms with van der Waals surface area (Å²) in [5.74, 6) is -0.346. The third-order valence-corrected chi connectivity index (χ3v) is 4.28. The maximum atomic E-state index is 12.3. The van der Waals surface area contributed by atoms with Gasteiger partial charge in [-0.25, -0.2) is 0 Å². The molecule has 128 valence electrons. The summed E-state index contributed by atoms with van der Waals surface area (Å²) in [6.45, 7) is 11.7. The van der Waals surface area contributed by atoms with Crippen LogP contribution in [-0.2, 0) is 14.0 Å². The van der Waals surface area contributed by atoms with Crippen molar-refractivity contribution in [2.24, 2.45) is 5.41 Å². The fourth-order valence-electron chi connectivity index (χ4n) is 2.18. The number of carbonyl (C=O) groups excluding carboxylic acids is 1. The maximum absolute atomic E-state index is 12.3. The molecule has 0 bridgehead atoms. The number of esters is 1. The molecule has 0 aliphatic heterocycles. The van der Waals surface area contributed by atoms with Gasteiger partial charge in [0.25, 0.3) is 5.69 Å². The van der Waals surface area contributed by atoms with E-state index in [2.05, 4.69) is 0 Å². The Morgan fingerprint density at radius 3 is 2.17 bits per heavy atom. The Bertz CT molecular complexity index is 563. The number of hydrogen-bond acceptors (Lipinski definition) is 5. The first-order valence-corrected chi connectivity index (χ1v) is 11.0. The highest BCUT2D eigenvalue weighted by atomic mass is 28.4. The molecule has 1 aromatic carbocycles. The molecular weight excluding hydrogens is 314 g/mol. The maximum Gasteiger partial charge on any atom is 0.314 e. The third-order valence-electron chi connectivity index (χ3n) is 3.34. The number of carbonyl (C=O) groups is 1. The van der Waals surface area contributed by atoms with Crippen LogP contribution >= 0.6 is 0 Å². The van der Waals surface area contributed by atoms with Gasteiger partial charge in [-0.15, -0.1) is 0 Å². The van der Waals surface area contributed by atoms with Crippen molar-refractivity contribution in [3.05, 3.63) is 39.9 Å². The van der Waals surface area contributed by atoms with Gasteiger partial charge < -0.3 is 9.16 Å². The van der Waals surface area contributed by atoms with Crippen molar-refractivity contribution in [1.29, 1.82) is 0 Å². The van der Waals surface area contributed by atoms with Crippen molar-refractivity contribution in [3.63, 3.8) is 0 Å². The van der Waals surface area contributed by atoms with E-state index in [1.165, 1.54) is 12.1 Å². The first-order valence-electron chi connectivity index (χ1n) is 7.58. The van der Waals surface area contributed by atoms with Crippen LogP contribution in [0, 0.1) is 15.5 Å². The number of ether oxygens (including phenoxy) is 1. The molecule has 6 nitrogen and oxygen atoms in total. The minimum Gasteiger partial charge on any atom is -0.465 e. The van der Waals surface area contributed by atoms with E-state index in [4.69, 9.17) is 9.16 Å². The van der Waals surface area contributed by atoms with Crippen LogP contribution in [0.25, 0.3) is 0 Å². The summed E-state index contributed by atoms with van der Waals surface area (Å²) < 4.78 is 11.4. The van der Waals surface area contributed by atoms with Gasteiger partial charge in [0.05, 0.1) is 23.0 Å². The molecule has 0 radical (unpaired) electrons. The number of nitro benzene ring substituents is 1. The Morgan fingerprint density at radius 2 is 1.78 bits per heavy atom. The van der Waals surface area contributed by atoms with Crippen molar-refractivity contribution in [2.45, 2.75) is 46.5 Å². The fourth-order valence-corrected chi connectivity index (χ4v) is 3.32. The van der Waals surface area contributed by atoms with E-state index in [1.807, 2.05) is 19.6 Å². The van der Waals surface area contributed by atoms with E-state index in [0.29, 0.717) is 6.61 Å². The molecular formula is C16H25NO5Si. The Kier molecular flexibility index (Phi) is 6.07. The summed E-state index contributed by atoms with van der Waals surface area (Å²) in [5.41, 5.74) is -0.155. The minimum atomic E-state index is -1.96. The standard InChI is InChI=1S/C16H25NO5Si/c1-7-21-15(18)16(2,3)14(22-23(4,5)6)12-8-10-13(11-9-12)17(19)20/h8-11,14H,7H2,1-6H3/t14-/m0/s1. The van der Waals surface area contributed by atoms with Crippen LogP contribution in [0.15, 0.2) is 24.3 Å². The van der Waals surface area contributed by atoms with Gasteiger partial charge in [-0.2, -0.15) is 0 Å². The van der Waals surface area contributed by atoms with Crippen molar-refractivity contribution in [3.8, 4) is 0 Å². The highest BCUT2D eigenvalue weighted by molar-refractivity contribution is 6.69. The first-order chi connectivity index (χ1) is 10.5. The monoisotopic (exact) mass is 339 g/mol. The van der Waals surface area contributed by atoms with E-state index in [1.54, 1.807) is 32.9 Å². The van der Waals surface area contributed by atoms with E-state index < -0.39 is 24.8 Å². The summed E-state index contributed by atoms with van der Waals surface area (Å²) in [6.07, 6.45) is -0.519. The van der Waals surface area contributed by atoms with Gasteiger partial charge in [0.2, 0.25) is 0 Å². The quantitative estimate of drug-likeness (QED) is 0.324. The second-order valence-electron chi connectivity index (χ2n) is 6.90. The Balaban J connectivity index is 3.24. The van der Waals surface area contributed by atoms with Gasteiger partial charge in [-0.3, -0.25) is 14.9 Å². The molecule has 0 unspecified atom stereocenters. The summed E-state index contributed by atoms with van der Waals surface area (Å²) in [7, 11) is -1.96. The topological polar surface area (TPSA) is 78.7 Å². The van der Waals surface area contributed by atoms with Crippen molar-refractivity contribution < 1.29 is 18.9 Å². The zero-order chi connectivity index (χ0) is 17.8. The molecule has 0 aromatic heterocycles. The lowest BCUT2D eigenvalue weighted by Crippen LogP contribution is -2.40. The van der Waals surface area contributed by atoms with E-state index in [0.717, 1.165) is 5.56 Å². The van der Waals surface area contributed by atoms with Crippen molar-refractivity contribution in [1.82, 2.24) is 0 Å². The molecule has 0 saturated heterocycles. The number of benzene rings is 1. The van der Waals surface area contributed by atoms with Gasteiger partial charge in [0.1, 0.15) is 0 Å². The normalized spacial score (nSPS) is 13.5. The molecule has 0 saturated carbocycles. The van der Waals surface area contributed by atoms with Crippen LogP contribution in [-0.4, -0.2) is 25.8 Å². The highest BCUT2D eigenvalue weighted by Crippen LogP contribution is 2.40. The lowest BCUT2D eigenvalue weighted by Gasteiger charge is -2.36. The molecule has 0 aliphatic carbocycles. The first kappa shape index (κ1) is 19.3. The largest absolute Gasteiger partial charge is 0.465 e. The van der Waals surface area contributed by atoms with E-state index >= 15 is 0 Å². The van der Waals surface area contributed by atoms with Gasteiger partial charge >= 0.3 is 5.97 Å². The highest BCUT2D eigenvalue weighted by Gasteiger charge is 2.42. The number of nitrogens with zero attached hydrogens (tertiary/aromatic N) is 1. The van der Waals surface area contributed by atoms with Crippen LogP contribution in [0.4, 0.5) is 5.69 Å². The fraction of sp³-hybridized carbons (Fsp3) is 0.562. The zero-order valence-corrected chi connectivity index (χ0v) is 15.6. The molecule has 1 aromatic rings. The average Bonchev–Trinajstić information content (AvgIpc) is 2.44. The number of rotatable bonds is 7. The van der Waals surface area contributed by atoms with Crippen molar-refractivity contribution >= 4 is 20.0 Å². The predicted molar refractivity (Wildman–Crippen MR) is 90.7 cm³/mol. The van der Waals surface area contributed by atoms with Crippen molar-refractivity contribution in [2.75, 3.05) is 6.61 Å². The third kappa shape index (κ3) is 5.14. The Hall–Kier alpha value is -1.73. The van der Waals surface area contributed by atoms with Gasteiger partial charge in [-0.1, -0.05) is 0 Å². The average molecular weight is 339 g/mol. The molecule has 1 rings (SSSR count). The number of hydrogen-bond donors (Lipinski definition) is 0.